The number of rotatable bonds is 5. The SMILES string of the molecule is O=C(CCC(=O)Nc1ccc(Br)cc1Br)Nc1ccc(Br)cc1Br. The summed E-state index contributed by atoms with van der Waals surface area (Å²) in [6.45, 7) is 0. The Morgan fingerprint density at radius 2 is 1.08 bits per heavy atom. The first-order valence-corrected chi connectivity index (χ1v) is 10.0. The molecule has 2 amide bonds. The molecule has 2 N–H and O–H groups in total. The Labute approximate surface area is 173 Å². The normalized spacial score (nSPS) is 10.3. The van der Waals surface area contributed by atoms with Crippen molar-refractivity contribution >= 4 is 86.9 Å². The van der Waals surface area contributed by atoms with Gasteiger partial charge in [-0.15, -0.1) is 0 Å². The number of hydrogen-bond donors (Lipinski definition) is 2. The Bertz CT molecular complexity index is 715. The molecule has 2 aromatic rings. The highest BCUT2D eigenvalue weighted by Gasteiger charge is 2.11. The smallest absolute Gasteiger partial charge is 0.224 e. The van der Waals surface area contributed by atoms with Crippen LogP contribution in [0, 0.1) is 0 Å². The van der Waals surface area contributed by atoms with Gasteiger partial charge < -0.3 is 10.6 Å². The van der Waals surface area contributed by atoms with Crippen LogP contribution >= 0.6 is 63.7 Å². The van der Waals surface area contributed by atoms with Gasteiger partial charge in [0.2, 0.25) is 11.8 Å². The maximum Gasteiger partial charge on any atom is 0.224 e. The van der Waals surface area contributed by atoms with E-state index in [1.807, 2.05) is 24.3 Å². The molecule has 126 valence electrons. The van der Waals surface area contributed by atoms with Crippen molar-refractivity contribution in [1.82, 2.24) is 0 Å². The molecular formula is C16H12Br4N2O2. The van der Waals surface area contributed by atoms with Crippen molar-refractivity contribution in [3.8, 4) is 0 Å². The summed E-state index contributed by atoms with van der Waals surface area (Å²) in [5.74, 6) is -0.439. The molecule has 2 rings (SSSR count). The van der Waals surface area contributed by atoms with Gasteiger partial charge in [0.05, 0.1) is 11.4 Å². The number of hydrogen-bond acceptors (Lipinski definition) is 2. The van der Waals surface area contributed by atoms with Crippen LogP contribution in [0.5, 0.6) is 0 Å². The van der Waals surface area contributed by atoms with E-state index in [0.717, 1.165) is 17.9 Å². The molecule has 2 aromatic carbocycles. The quantitative estimate of drug-likeness (QED) is 0.447. The van der Waals surface area contributed by atoms with Crippen molar-refractivity contribution in [1.29, 1.82) is 0 Å². The molecular weight excluding hydrogens is 572 g/mol. The Morgan fingerprint density at radius 1 is 0.708 bits per heavy atom. The molecule has 0 heterocycles. The van der Waals surface area contributed by atoms with Gasteiger partial charge in [-0.1, -0.05) is 31.9 Å². The van der Waals surface area contributed by atoms with Crippen LogP contribution in [0.25, 0.3) is 0 Å². The zero-order chi connectivity index (χ0) is 17.7. The van der Waals surface area contributed by atoms with Crippen LogP contribution in [0.4, 0.5) is 11.4 Å². The molecule has 0 aliphatic rings. The standard InChI is InChI=1S/C16H12Br4N2O2/c17-9-1-3-13(11(19)7-9)21-15(23)5-6-16(24)22-14-4-2-10(18)8-12(14)20/h1-4,7-8H,5-6H2,(H,21,23)(H,22,24). The number of carbonyl (C=O) groups excluding carboxylic acids is 2. The lowest BCUT2D eigenvalue weighted by Gasteiger charge is -2.09. The van der Waals surface area contributed by atoms with Crippen LogP contribution < -0.4 is 10.6 Å². The summed E-state index contributed by atoms with van der Waals surface area (Å²) in [4.78, 5) is 24.0. The van der Waals surface area contributed by atoms with Crippen LogP contribution in [0.1, 0.15) is 12.8 Å². The number of anilines is 2. The predicted molar refractivity (Wildman–Crippen MR) is 110 cm³/mol. The number of amides is 2. The first-order chi connectivity index (χ1) is 11.3. The van der Waals surface area contributed by atoms with Crippen molar-refractivity contribution in [2.45, 2.75) is 12.8 Å². The molecule has 0 radical (unpaired) electrons. The maximum absolute atomic E-state index is 12.0. The topological polar surface area (TPSA) is 58.2 Å². The zero-order valence-electron chi connectivity index (χ0n) is 12.2. The van der Waals surface area contributed by atoms with Crippen molar-refractivity contribution in [3.05, 3.63) is 54.3 Å². The average Bonchev–Trinajstić information content (AvgIpc) is 2.51. The van der Waals surface area contributed by atoms with Crippen LogP contribution in [0.15, 0.2) is 54.3 Å². The molecule has 24 heavy (non-hydrogen) atoms. The van der Waals surface area contributed by atoms with E-state index in [1.54, 1.807) is 12.1 Å². The van der Waals surface area contributed by atoms with Gasteiger partial charge in [0.1, 0.15) is 0 Å². The lowest BCUT2D eigenvalue weighted by atomic mass is 10.2. The summed E-state index contributed by atoms with van der Waals surface area (Å²) in [5, 5.41) is 5.55. The first-order valence-electron chi connectivity index (χ1n) is 6.85. The molecule has 0 aliphatic heterocycles. The van der Waals surface area contributed by atoms with Gasteiger partial charge in [0.25, 0.3) is 0 Å². The third kappa shape index (κ3) is 5.98. The summed E-state index contributed by atoms with van der Waals surface area (Å²) < 4.78 is 3.36. The van der Waals surface area contributed by atoms with Crippen LogP contribution in [-0.4, -0.2) is 11.8 Å². The van der Waals surface area contributed by atoms with E-state index in [1.165, 1.54) is 0 Å². The van der Waals surface area contributed by atoms with E-state index < -0.39 is 0 Å². The third-order valence-electron chi connectivity index (χ3n) is 2.99. The number of halogens is 4. The summed E-state index contributed by atoms with van der Waals surface area (Å²) in [6, 6.07) is 10.9. The summed E-state index contributed by atoms with van der Waals surface area (Å²) in [6.07, 6.45) is 0.199. The highest BCUT2D eigenvalue weighted by molar-refractivity contribution is 9.11. The highest BCUT2D eigenvalue weighted by atomic mass is 79.9. The summed E-state index contributed by atoms with van der Waals surface area (Å²) >= 11 is 13.5. The van der Waals surface area contributed by atoms with E-state index >= 15 is 0 Å². The van der Waals surface area contributed by atoms with E-state index in [9.17, 15) is 9.59 Å². The average molecular weight is 584 g/mol. The minimum Gasteiger partial charge on any atom is -0.325 e. The Hall–Kier alpha value is -0.700. The van der Waals surface area contributed by atoms with E-state index in [4.69, 9.17) is 0 Å². The Kier molecular flexibility index (Phi) is 7.46. The molecule has 0 spiro atoms. The van der Waals surface area contributed by atoms with Gasteiger partial charge >= 0.3 is 0 Å². The Balaban J connectivity index is 1.85. The minimum atomic E-state index is -0.219. The molecule has 0 fully saturated rings. The van der Waals surface area contributed by atoms with E-state index in [-0.39, 0.29) is 24.7 Å². The molecule has 0 aliphatic carbocycles. The lowest BCUT2D eigenvalue weighted by Crippen LogP contribution is -2.17. The van der Waals surface area contributed by atoms with Crippen LogP contribution in [0.3, 0.4) is 0 Å². The second-order valence-electron chi connectivity index (χ2n) is 4.84. The molecule has 0 atom stereocenters. The highest BCUT2D eigenvalue weighted by Crippen LogP contribution is 2.27. The van der Waals surface area contributed by atoms with Crippen LogP contribution in [0.2, 0.25) is 0 Å². The van der Waals surface area contributed by atoms with Gasteiger partial charge in [0.15, 0.2) is 0 Å². The first kappa shape index (κ1) is 19.6. The van der Waals surface area contributed by atoms with Crippen molar-refractivity contribution in [3.63, 3.8) is 0 Å². The van der Waals surface area contributed by atoms with Gasteiger partial charge in [-0.05, 0) is 68.3 Å². The van der Waals surface area contributed by atoms with Gasteiger partial charge in [-0.3, -0.25) is 9.59 Å². The van der Waals surface area contributed by atoms with E-state index in [2.05, 4.69) is 74.4 Å². The zero-order valence-corrected chi connectivity index (χ0v) is 18.6. The van der Waals surface area contributed by atoms with Gasteiger partial charge in [-0.2, -0.15) is 0 Å². The number of carbonyl (C=O) groups is 2. The fraction of sp³-hybridized carbons (Fsp3) is 0.125. The van der Waals surface area contributed by atoms with E-state index in [0.29, 0.717) is 11.4 Å². The monoisotopic (exact) mass is 580 g/mol. The Morgan fingerprint density at radius 3 is 1.42 bits per heavy atom. The molecule has 8 heteroatoms. The molecule has 0 saturated heterocycles. The molecule has 0 aromatic heterocycles. The molecule has 0 bridgehead atoms. The number of benzene rings is 2. The third-order valence-corrected chi connectivity index (χ3v) is 5.29. The second-order valence-corrected chi connectivity index (χ2v) is 8.38. The minimum absolute atomic E-state index is 0.0997. The fourth-order valence-corrected chi connectivity index (χ4v) is 4.13. The van der Waals surface area contributed by atoms with Crippen LogP contribution in [-0.2, 0) is 9.59 Å². The molecule has 4 nitrogen and oxygen atoms in total. The summed E-state index contributed by atoms with van der Waals surface area (Å²) in [5.41, 5.74) is 1.33. The molecule has 0 saturated carbocycles. The fourth-order valence-electron chi connectivity index (χ4n) is 1.83. The number of nitrogens with one attached hydrogen (secondary N) is 2. The predicted octanol–water partition coefficient (Wildman–Crippen LogP) is 6.09. The largest absolute Gasteiger partial charge is 0.325 e. The molecule has 0 unspecified atom stereocenters. The summed E-state index contributed by atoms with van der Waals surface area (Å²) in [7, 11) is 0. The van der Waals surface area contributed by atoms with Gasteiger partial charge in [0, 0.05) is 30.7 Å². The van der Waals surface area contributed by atoms with Crippen molar-refractivity contribution in [2.24, 2.45) is 0 Å². The van der Waals surface area contributed by atoms with Crippen molar-refractivity contribution < 1.29 is 9.59 Å². The van der Waals surface area contributed by atoms with Crippen molar-refractivity contribution in [2.75, 3.05) is 10.6 Å². The maximum atomic E-state index is 12.0. The second kappa shape index (κ2) is 9.12. The van der Waals surface area contributed by atoms with Gasteiger partial charge in [-0.25, -0.2) is 0 Å². The lowest BCUT2D eigenvalue weighted by molar-refractivity contribution is -0.121.